The standard InChI is InChI=1S/C23H19BrN4O4S/c1-33(31,32)28(14-15-5-3-2-4-6-15)18-10-7-16(8-11-18)22(29)27-26-21-19-13-17(24)9-12-20(19)25-23(21)30/h2-13,25,30H,14H2,1H3. The molecule has 4 aromatic rings. The van der Waals surface area contributed by atoms with Gasteiger partial charge in [0.25, 0.3) is 5.91 Å². The van der Waals surface area contributed by atoms with Crippen molar-refractivity contribution >= 4 is 54.1 Å². The molecule has 0 saturated carbocycles. The smallest absolute Gasteiger partial charge is 0.295 e. The fourth-order valence-electron chi connectivity index (χ4n) is 3.31. The van der Waals surface area contributed by atoms with E-state index in [1.54, 1.807) is 24.3 Å². The number of aromatic hydroxyl groups is 1. The zero-order valence-corrected chi connectivity index (χ0v) is 19.8. The molecule has 10 heteroatoms. The second-order valence-electron chi connectivity index (χ2n) is 7.32. The third kappa shape index (κ3) is 5.12. The van der Waals surface area contributed by atoms with Gasteiger partial charge in [0.2, 0.25) is 15.9 Å². The van der Waals surface area contributed by atoms with Crippen LogP contribution in [0.2, 0.25) is 0 Å². The maximum Gasteiger partial charge on any atom is 0.295 e. The number of anilines is 1. The van der Waals surface area contributed by atoms with Crippen molar-refractivity contribution in [1.82, 2.24) is 4.98 Å². The molecule has 0 atom stereocenters. The van der Waals surface area contributed by atoms with Gasteiger partial charge in [-0.15, -0.1) is 10.2 Å². The third-order valence-corrected chi connectivity index (χ3v) is 6.56. The fraction of sp³-hybridized carbons (Fsp3) is 0.0870. The summed E-state index contributed by atoms with van der Waals surface area (Å²) in [4.78, 5) is 15.3. The van der Waals surface area contributed by atoms with Crippen molar-refractivity contribution in [2.24, 2.45) is 10.2 Å². The molecule has 1 aromatic heterocycles. The van der Waals surface area contributed by atoms with Crippen molar-refractivity contribution in [2.45, 2.75) is 6.54 Å². The number of H-pyrrole nitrogens is 1. The first-order valence-electron chi connectivity index (χ1n) is 9.80. The molecular formula is C23H19BrN4O4S. The van der Waals surface area contributed by atoms with Crippen LogP contribution >= 0.6 is 15.9 Å². The van der Waals surface area contributed by atoms with E-state index in [-0.39, 0.29) is 23.7 Å². The molecule has 2 N–H and O–H groups in total. The Balaban J connectivity index is 1.57. The van der Waals surface area contributed by atoms with Crippen LogP contribution in [0.25, 0.3) is 10.9 Å². The molecule has 0 spiro atoms. The number of fused-ring (bicyclic) bond motifs is 1. The minimum absolute atomic E-state index is 0.155. The molecule has 0 aliphatic heterocycles. The van der Waals surface area contributed by atoms with Crippen LogP contribution in [0, 0.1) is 0 Å². The highest BCUT2D eigenvalue weighted by atomic mass is 79.9. The number of aromatic nitrogens is 1. The van der Waals surface area contributed by atoms with Gasteiger partial charge in [-0.2, -0.15) is 0 Å². The highest BCUT2D eigenvalue weighted by molar-refractivity contribution is 9.10. The molecule has 0 aliphatic rings. The summed E-state index contributed by atoms with van der Waals surface area (Å²) in [5, 5.41) is 18.4. The van der Waals surface area contributed by atoms with E-state index >= 15 is 0 Å². The summed E-state index contributed by atoms with van der Waals surface area (Å²) in [7, 11) is -3.55. The number of carbonyl (C=O) groups excluding carboxylic acids is 1. The Bertz CT molecular complexity index is 1450. The lowest BCUT2D eigenvalue weighted by atomic mass is 10.2. The number of rotatable bonds is 6. The van der Waals surface area contributed by atoms with E-state index in [0.717, 1.165) is 16.3 Å². The van der Waals surface area contributed by atoms with Gasteiger partial charge in [0, 0.05) is 15.4 Å². The maximum absolute atomic E-state index is 12.5. The summed E-state index contributed by atoms with van der Waals surface area (Å²) in [6, 6.07) is 20.6. The van der Waals surface area contributed by atoms with E-state index in [1.807, 2.05) is 36.4 Å². The Labute approximate surface area is 198 Å². The van der Waals surface area contributed by atoms with E-state index in [1.165, 1.54) is 16.4 Å². The van der Waals surface area contributed by atoms with Gasteiger partial charge < -0.3 is 10.1 Å². The van der Waals surface area contributed by atoms with Gasteiger partial charge in [0.1, 0.15) is 0 Å². The van der Waals surface area contributed by atoms with Gasteiger partial charge in [-0.05, 0) is 48.0 Å². The summed E-state index contributed by atoms with van der Waals surface area (Å²) in [6.07, 6.45) is 1.13. The average molecular weight is 527 g/mol. The topological polar surface area (TPSA) is 115 Å². The van der Waals surface area contributed by atoms with E-state index in [0.29, 0.717) is 16.6 Å². The predicted octanol–water partition coefficient (Wildman–Crippen LogP) is 5.53. The number of carbonyl (C=O) groups is 1. The lowest BCUT2D eigenvalue weighted by Crippen LogP contribution is -2.29. The van der Waals surface area contributed by atoms with E-state index in [9.17, 15) is 18.3 Å². The van der Waals surface area contributed by atoms with Crippen molar-refractivity contribution in [3.8, 4) is 5.88 Å². The number of amides is 1. The number of hydrogen-bond donors (Lipinski definition) is 2. The summed E-state index contributed by atoms with van der Waals surface area (Å²) < 4.78 is 26.7. The molecule has 0 aliphatic carbocycles. The number of azo groups is 1. The number of aromatic amines is 1. The highest BCUT2D eigenvalue weighted by Gasteiger charge is 2.18. The van der Waals surface area contributed by atoms with Crippen LogP contribution in [0.15, 0.2) is 87.5 Å². The first-order chi connectivity index (χ1) is 15.7. The van der Waals surface area contributed by atoms with Gasteiger partial charge in [-0.1, -0.05) is 46.3 Å². The minimum Gasteiger partial charge on any atom is -0.493 e. The number of sulfonamides is 1. The van der Waals surface area contributed by atoms with Crippen LogP contribution in [0.5, 0.6) is 5.88 Å². The van der Waals surface area contributed by atoms with Crippen LogP contribution in [0.3, 0.4) is 0 Å². The molecule has 0 radical (unpaired) electrons. The van der Waals surface area contributed by atoms with Crippen molar-refractivity contribution in [1.29, 1.82) is 0 Å². The molecule has 3 aromatic carbocycles. The zero-order chi connectivity index (χ0) is 23.6. The van der Waals surface area contributed by atoms with Gasteiger partial charge in [-0.25, -0.2) is 8.42 Å². The van der Waals surface area contributed by atoms with E-state index in [2.05, 4.69) is 31.1 Å². The summed E-state index contributed by atoms with van der Waals surface area (Å²) in [5.74, 6) is -0.820. The molecule has 0 unspecified atom stereocenters. The molecule has 33 heavy (non-hydrogen) atoms. The first-order valence-corrected chi connectivity index (χ1v) is 12.4. The molecule has 1 heterocycles. The van der Waals surface area contributed by atoms with Crippen LogP contribution in [0.1, 0.15) is 15.9 Å². The van der Waals surface area contributed by atoms with Gasteiger partial charge in [0.05, 0.1) is 24.0 Å². The number of hydrogen-bond acceptors (Lipinski definition) is 5. The van der Waals surface area contributed by atoms with E-state index in [4.69, 9.17) is 0 Å². The van der Waals surface area contributed by atoms with Gasteiger partial charge in [-0.3, -0.25) is 9.10 Å². The Morgan fingerprint density at radius 3 is 2.42 bits per heavy atom. The Morgan fingerprint density at radius 2 is 1.76 bits per heavy atom. The lowest BCUT2D eigenvalue weighted by molar-refractivity contribution is 0.0995. The summed E-state index contributed by atoms with van der Waals surface area (Å²) in [5.41, 5.74) is 2.30. The average Bonchev–Trinajstić information content (AvgIpc) is 3.10. The van der Waals surface area contributed by atoms with Crippen LogP contribution in [-0.4, -0.2) is 30.7 Å². The molecule has 8 nitrogen and oxygen atoms in total. The minimum atomic E-state index is -3.55. The SMILES string of the molecule is CS(=O)(=O)N(Cc1ccccc1)c1ccc(C(=O)N=Nc2c(O)[nH]c3ccc(Br)cc23)cc1. The lowest BCUT2D eigenvalue weighted by Gasteiger charge is -2.22. The first kappa shape index (κ1) is 22.7. The van der Waals surface area contributed by atoms with Crippen LogP contribution < -0.4 is 4.31 Å². The number of nitrogens with zero attached hydrogens (tertiary/aromatic N) is 3. The molecule has 1 amide bonds. The number of benzene rings is 3. The van der Waals surface area contributed by atoms with E-state index < -0.39 is 15.9 Å². The molecule has 4 rings (SSSR count). The normalized spacial score (nSPS) is 11.8. The van der Waals surface area contributed by atoms with Crippen molar-refractivity contribution in [2.75, 3.05) is 10.6 Å². The largest absolute Gasteiger partial charge is 0.493 e. The van der Waals surface area contributed by atoms with Crippen LogP contribution in [0.4, 0.5) is 11.4 Å². The quantitative estimate of drug-likeness (QED) is 0.321. The second kappa shape index (κ2) is 9.16. The van der Waals surface area contributed by atoms with Crippen LogP contribution in [-0.2, 0) is 16.6 Å². The highest BCUT2D eigenvalue weighted by Crippen LogP contribution is 2.37. The third-order valence-electron chi connectivity index (χ3n) is 4.93. The van der Waals surface area contributed by atoms with Crippen molar-refractivity contribution in [3.63, 3.8) is 0 Å². The number of halogens is 1. The number of nitrogens with one attached hydrogen (secondary N) is 1. The summed E-state index contributed by atoms with van der Waals surface area (Å²) >= 11 is 3.36. The molecular weight excluding hydrogens is 508 g/mol. The molecule has 0 bridgehead atoms. The Morgan fingerprint density at radius 1 is 1.06 bits per heavy atom. The predicted molar refractivity (Wildman–Crippen MR) is 130 cm³/mol. The molecule has 168 valence electrons. The Kier molecular flexibility index (Phi) is 6.30. The Hall–Kier alpha value is -3.50. The van der Waals surface area contributed by atoms with Crippen molar-refractivity contribution < 1.29 is 18.3 Å². The van der Waals surface area contributed by atoms with Gasteiger partial charge in [0.15, 0.2) is 5.69 Å². The molecule has 0 fully saturated rings. The second-order valence-corrected chi connectivity index (χ2v) is 10.1. The maximum atomic E-state index is 12.5. The summed E-state index contributed by atoms with van der Waals surface area (Å²) in [6.45, 7) is 0.169. The molecule has 0 saturated heterocycles. The zero-order valence-electron chi connectivity index (χ0n) is 17.4. The fourth-order valence-corrected chi connectivity index (χ4v) is 4.56. The monoisotopic (exact) mass is 526 g/mol. The van der Waals surface area contributed by atoms with Gasteiger partial charge >= 0.3 is 0 Å². The van der Waals surface area contributed by atoms with Crippen molar-refractivity contribution in [3.05, 3.63) is 88.4 Å².